The quantitative estimate of drug-likeness (QED) is 0.782. The van der Waals surface area contributed by atoms with Crippen molar-refractivity contribution in [3.63, 3.8) is 0 Å². The van der Waals surface area contributed by atoms with E-state index in [1.54, 1.807) is 6.07 Å². The Bertz CT molecular complexity index is 342. The molecule has 0 spiro atoms. The third-order valence-electron chi connectivity index (χ3n) is 2.01. The second kappa shape index (κ2) is 6.09. The van der Waals surface area contributed by atoms with E-state index in [2.05, 4.69) is 20.9 Å². The molecular weight excluding hydrogens is 301 g/mol. The van der Waals surface area contributed by atoms with E-state index in [-0.39, 0.29) is 12.4 Å². The first-order chi connectivity index (χ1) is 7.96. The number of halogens is 4. The van der Waals surface area contributed by atoms with Crippen LogP contribution in [-0.2, 0) is 0 Å². The lowest BCUT2D eigenvalue weighted by atomic mass is 10.4. The van der Waals surface area contributed by atoms with Gasteiger partial charge in [0, 0.05) is 11.9 Å². The van der Waals surface area contributed by atoms with Gasteiger partial charge < -0.3 is 9.64 Å². The van der Waals surface area contributed by atoms with E-state index in [1.807, 2.05) is 0 Å². The van der Waals surface area contributed by atoms with E-state index in [0.29, 0.717) is 11.1 Å². The fraction of sp³-hybridized carbons (Fsp3) is 0.500. The normalized spacial score (nSPS) is 11.4. The van der Waals surface area contributed by atoms with E-state index in [0.717, 1.165) is 4.90 Å². The molecule has 17 heavy (non-hydrogen) atoms. The van der Waals surface area contributed by atoms with Gasteiger partial charge in [0.25, 0.3) is 0 Å². The summed E-state index contributed by atoms with van der Waals surface area (Å²) >= 11 is 3.12. The summed E-state index contributed by atoms with van der Waals surface area (Å²) in [5, 5.41) is 0.441. The Labute approximate surface area is 106 Å². The second-order valence-electron chi connectivity index (χ2n) is 3.28. The molecule has 0 unspecified atom stereocenters. The summed E-state index contributed by atoms with van der Waals surface area (Å²) in [5.74, 6) is 0.794. The van der Waals surface area contributed by atoms with Gasteiger partial charge in [-0.2, -0.15) is 13.2 Å². The summed E-state index contributed by atoms with van der Waals surface area (Å²) in [6, 6.07) is 3.09. The third-order valence-corrected chi connectivity index (χ3v) is 2.36. The maximum Gasteiger partial charge on any atom is 0.405 e. The van der Waals surface area contributed by atoms with E-state index >= 15 is 0 Å². The van der Waals surface area contributed by atoms with Crippen LogP contribution < -0.4 is 9.64 Å². The van der Waals surface area contributed by atoms with Crippen LogP contribution in [0.1, 0.15) is 0 Å². The molecular formula is C10H12BrF3N2O. The number of hydrogen-bond donors (Lipinski definition) is 0. The Hall–Kier alpha value is -0.980. The molecule has 0 bridgehead atoms. The number of methoxy groups -OCH3 is 1. The topological polar surface area (TPSA) is 25.4 Å². The van der Waals surface area contributed by atoms with Crippen LogP contribution in [0, 0.1) is 0 Å². The molecule has 0 atom stereocenters. The Kier molecular flexibility index (Phi) is 5.04. The summed E-state index contributed by atoms with van der Waals surface area (Å²) in [7, 11) is 1.47. The minimum Gasteiger partial charge on any atom is -0.495 e. The van der Waals surface area contributed by atoms with Crippen LogP contribution in [-0.4, -0.2) is 36.7 Å². The van der Waals surface area contributed by atoms with Gasteiger partial charge in [0.1, 0.15) is 18.1 Å². The minimum absolute atomic E-state index is 0.235. The highest BCUT2D eigenvalue weighted by molar-refractivity contribution is 9.09. The first kappa shape index (κ1) is 14.1. The van der Waals surface area contributed by atoms with Crippen LogP contribution in [0.25, 0.3) is 0 Å². The van der Waals surface area contributed by atoms with Crippen LogP contribution in [0.15, 0.2) is 18.3 Å². The molecule has 1 aromatic heterocycles. The third kappa shape index (κ3) is 4.80. The number of nitrogens with zero attached hydrogens (tertiary/aromatic N) is 2. The Balaban J connectivity index is 2.81. The number of anilines is 1. The molecule has 0 saturated heterocycles. The van der Waals surface area contributed by atoms with Crippen LogP contribution in [0.4, 0.5) is 19.0 Å². The largest absolute Gasteiger partial charge is 0.495 e. The van der Waals surface area contributed by atoms with Crippen molar-refractivity contribution in [3.05, 3.63) is 18.3 Å². The molecule has 96 valence electrons. The van der Waals surface area contributed by atoms with Gasteiger partial charge in [0.2, 0.25) is 0 Å². The lowest BCUT2D eigenvalue weighted by molar-refractivity contribution is -0.119. The number of hydrogen-bond acceptors (Lipinski definition) is 3. The summed E-state index contributed by atoms with van der Waals surface area (Å²) in [6.07, 6.45) is -2.85. The number of ether oxygens (including phenoxy) is 1. The number of alkyl halides is 4. The predicted octanol–water partition coefficient (Wildman–Crippen LogP) is 2.85. The fourth-order valence-electron chi connectivity index (χ4n) is 1.27. The van der Waals surface area contributed by atoms with Crippen molar-refractivity contribution in [2.75, 3.05) is 30.4 Å². The highest BCUT2D eigenvalue weighted by atomic mass is 79.9. The van der Waals surface area contributed by atoms with Gasteiger partial charge in [0.15, 0.2) is 0 Å². The van der Waals surface area contributed by atoms with Crippen LogP contribution in [0.3, 0.4) is 0 Å². The zero-order valence-electron chi connectivity index (χ0n) is 9.17. The molecule has 0 aliphatic carbocycles. The molecule has 3 nitrogen and oxygen atoms in total. The smallest absolute Gasteiger partial charge is 0.405 e. The lowest BCUT2D eigenvalue weighted by Crippen LogP contribution is -2.36. The van der Waals surface area contributed by atoms with Crippen molar-refractivity contribution >= 4 is 21.7 Å². The van der Waals surface area contributed by atoms with Gasteiger partial charge in [-0.25, -0.2) is 4.98 Å². The van der Waals surface area contributed by atoms with E-state index in [4.69, 9.17) is 4.74 Å². The summed E-state index contributed by atoms with van der Waals surface area (Å²) in [5.41, 5.74) is 0. The Morgan fingerprint density at radius 1 is 1.41 bits per heavy atom. The van der Waals surface area contributed by atoms with Gasteiger partial charge >= 0.3 is 6.18 Å². The highest BCUT2D eigenvalue weighted by Crippen LogP contribution is 2.22. The zero-order valence-corrected chi connectivity index (χ0v) is 10.8. The van der Waals surface area contributed by atoms with Crippen molar-refractivity contribution in [2.45, 2.75) is 6.18 Å². The van der Waals surface area contributed by atoms with Crippen molar-refractivity contribution in [3.8, 4) is 5.75 Å². The molecule has 1 aromatic rings. The van der Waals surface area contributed by atoms with Gasteiger partial charge in [0.05, 0.1) is 13.3 Å². The molecule has 0 fully saturated rings. The Morgan fingerprint density at radius 2 is 2.12 bits per heavy atom. The summed E-state index contributed by atoms with van der Waals surface area (Å²) in [4.78, 5) is 5.09. The van der Waals surface area contributed by atoms with Gasteiger partial charge in [-0.3, -0.25) is 0 Å². The molecule has 0 aliphatic heterocycles. The minimum atomic E-state index is -4.25. The van der Waals surface area contributed by atoms with Gasteiger partial charge in [-0.15, -0.1) is 0 Å². The molecule has 0 aliphatic rings. The maximum absolute atomic E-state index is 12.4. The maximum atomic E-state index is 12.4. The molecule has 0 aromatic carbocycles. The number of rotatable bonds is 5. The van der Waals surface area contributed by atoms with Crippen LogP contribution in [0.5, 0.6) is 5.75 Å². The molecule has 1 rings (SSSR count). The van der Waals surface area contributed by atoms with E-state index < -0.39 is 12.7 Å². The predicted molar refractivity (Wildman–Crippen MR) is 62.9 cm³/mol. The lowest BCUT2D eigenvalue weighted by Gasteiger charge is -2.24. The number of aromatic nitrogens is 1. The zero-order chi connectivity index (χ0) is 12.9. The Morgan fingerprint density at radius 3 is 2.53 bits per heavy atom. The van der Waals surface area contributed by atoms with E-state index in [1.165, 1.54) is 19.4 Å². The van der Waals surface area contributed by atoms with Gasteiger partial charge in [-0.05, 0) is 12.1 Å². The van der Waals surface area contributed by atoms with Crippen LogP contribution >= 0.6 is 15.9 Å². The fourth-order valence-corrected chi connectivity index (χ4v) is 1.70. The molecule has 0 saturated carbocycles. The van der Waals surface area contributed by atoms with Crippen molar-refractivity contribution in [1.29, 1.82) is 0 Å². The van der Waals surface area contributed by atoms with Gasteiger partial charge in [-0.1, -0.05) is 15.9 Å². The molecule has 0 radical (unpaired) electrons. The van der Waals surface area contributed by atoms with Crippen LogP contribution in [0.2, 0.25) is 0 Å². The molecule has 0 N–H and O–H groups in total. The molecule has 7 heteroatoms. The highest BCUT2D eigenvalue weighted by Gasteiger charge is 2.31. The average molecular weight is 313 g/mol. The summed E-state index contributed by atoms with van der Waals surface area (Å²) < 4.78 is 41.9. The van der Waals surface area contributed by atoms with E-state index in [9.17, 15) is 13.2 Å². The average Bonchev–Trinajstić information content (AvgIpc) is 2.27. The standard InChI is InChI=1S/C10H12BrF3N2O/c1-17-8-2-3-9(15-6-8)16(5-4-11)7-10(12,13)14/h2-3,6H,4-5,7H2,1H3. The second-order valence-corrected chi connectivity index (χ2v) is 4.07. The first-order valence-corrected chi connectivity index (χ1v) is 5.96. The SMILES string of the molecule is COc1ccc(N(CCBr)CC(F)(F)F)nc1. The molecule has 1 heterocycles. The molecule has 0 amide bonds. The summed E-state index contributed by atoms with van der Waals surface area (Å²) in [6.45, 7) is -0.781. The van der Waals surface area contributed by atoms with Crippen molar-refractivity contribution in [2.24, 2.45) is 0 Å². The van der Waals surface area contributed by atoms with Crippen molar-refractivity contribution in [1.82, 2.24) is 4.98 Å². The monoisotopic (exact) mass is 312 g/mol. The van der Waals surface area contributed by atoms with Crippen molar-refractivity contribution < 1.29 is 17.9 Å². The number of pyridine rings is 1. The first-order valence-electron chi connectivity index (χ1n) is 4.84.